The lowest BCUT2D eigenvalue weighted by Crippen LogP contribution is -2.52. The molecule has 2 aromatic heterocycles. The number of aromatic amines is 1. The Bertz CT molecular complexity index is 1310. The van der Waals surface area contributed by atoms with Gasteiger partial charge in [-0.25, -0.2) is 0 Å². The van der Waals surface area contributed by atoms with Crippen molar-refractivity contribution in [2.45, 2.75) is 0 Å². The van der Waals surface area contributed by atoms with Crippen LogP contribution >= 0.6 is 0 Å². The molecule has 3 heterocycles. The normalized spacial score (nSPS) is 14.1. The zero-order chi connectivity index (χ0) is 22.1. The standard InChI is InChI=1S/C24H21N5O3/c1-32-18-6-2-4-16(12-18)20-13-21(27-26-20)24(31)28-10-11-29(23(30)15-28)22-7-3-5-17-14-25-9-8-19(17)22/h2-9,12-14H,10-11,15H2,1H3,(H,26,27). The number of amides is 2. The molecule has 0 radical (unpaired) electrons. The summed E-state index contributed by atoms with van der Waals surface area (Å²) in [6.45, 7) is 0.857. The van der Waals surface area contributed by atoms with E-state index in [0.29, 0.717) is 30.2 Å². The van der Waals surface area contributed by atoms with Crippen molar-refractivity contribution in [2.24, 2.45) is 0 Å². The summed E-state index contributed by atoms with van der Waals surface area (Å²) >= 11 is 0. The average molecular weight is 427 g/mol. The van der Waals surface area contributed by atoms with Gasteiger partial charge in [0.2, 0.25) is 5.91 Å². The predicted molar refractivity (Wildman–Crippen MR) is 121 cm³/mol. The first-order valence-electron chi connectivity index (χ1n) is 10.3. The highest BCUT2D eigenvalue weighted by Crippen LogP contribution is 2.28. The van der Waals surface area contributed by atoms with Gasteiger partial charge in [-0.05, 0) is 30.3 Å². The Morgan fingerprint density at radius 1 is 1.09 bits per heavy atom. The number of carbonyl (C=O) groups is 2. The average Bonchev–Trinajstić information content (AvgIpc) is 3.34. The molecule has 0 bridgehead atoms. The number of nitrogens with one attached hydrogen (secondary N) is 1. The number of anilines is 1. The first-order chi connectivity index (χ1) is 15.6. The van der Waals surface area contributed by atoms with Crippen molar-refractivity contribution in [1.29, 1.82) is 0 Å². The highest BCUT2D eigenvalue weighted by Gasteiger charge is 2.30. The van der Waals surface area contributed by atoms with Gasteiger partial charge >= 0.3 is 0 Å². The molecule has 8 heteroatoms. The number of rotatable bonds is 4. The monoisotopic (exact) mass is 427 g/mol. The number of fused-ring (bicyclic) bond motifs is 1. The minimum absolute atomic E-state index is 0.00776. The maximum absolute atomic E-state index is 13.0. The van der Waals surface area contributed by atoms with E-state index in [4.69, 9.17) is 4.74 Å². The molecule has 1 fully saturated rings. The number of carbonyl (C=O) groups excluding carboxylic acids is 2. The molecule has 1 saturated heterocycles. The fraction of sp³-hybridized carbons (Fsp3) is 0.167. The van der Waals surface area contributed by atoms with Crippen LogP contribution in [0.3, 0.4) is 0 Å². The topological polar surface area (TPSA) is 91.4 Å². The molecule has 0 spiro atoms. The number of aromatic nitrogens is 3. The third-order valence-electron chi connectivity index (χ3n) is 5.63. The van der Waals surface area contributed by atoms with Crippen LogP contribution in [0.2, 0.25) is 0 Å². The third kappa shape index (κ3) is 3.56. The molecule has 0 unspecified atom stereocenters. The zero-order valence-electron chi connectivity index (χ0n) is 17.5. The molecule has 0 aliphatic carbocycles. The van der Waals surface area contributed by atoms with Crippen LogP contribution in [0.4, 0.5) is 5.69 Å². The van der Waals surface area contributed by atoms with Gasteiger partial charge in [0.15, 0.2) is 0 Å². The molecule has 1 N–H and O–H groups in total. The summed E-state index contributed by atoms with van der Waals surface area (Å²) in [6.07, 6.45) is 3.50. The van der Waals surface area contributed by atoms with Crippen LogP contribution in [-0.2, 0) is 4.79 Å². The predicted octanol–water partition coefficient (Wildman–Crippen LogP) is 3.12. The largest absolute Gasteiger partial charge is 0.497 e. The molecule has 160 valence electrons. The van der Waals surface area contributed by atoms with Crippen molar-refractivity contribution in [2.75, 3.05) is 31.6 Å². The van der Waals surface area contributed by atoms with Gasteiger partial charge in [-0.15, -0.1) is 0 Å². The van der Waals surface area contributed by atoms with Crippen molar-refractivity contribution in [3.63, 3.8) is 0 Å². The van der Waals surface area contributed by atoms with E-state index in [0.717, 1.165) is 22.0 Å². The number of methoxy groups -OCH3 is 1. The highest BCUT2D eigenvalue weighted by atomic mass is 16.5. The van der Waals surface area contributed by atoms with Gasteiger partial charge in [0, 0.05) is 41.8 Å². The van der Waals surface area contributed by atoms with Crippen LogP contribution in [0.25, 0.3) is 22.0 Å². The maximum Gasteiger partial charge on any atom is 0.272 e. The number of hydrogen-bond donors (Lipinski definition) is 1. The Morgan fingerprint density at radius 2 is 1.97 bits per heavy atom. The van der Waals surface area contributed by atoms with E-state index < -0.39 is 0 Å². The minimum atomic E-state index is -0.248. The van der Waals surface area contributed by atoms with Gasteiger partial charge in [-0.3, -0.25) is 19.7 Å². The first kappa shape index (κ1) is 19.7. The Morgan fingerprint density at radius 3 is 2.81 bits per heavy atom. The molecule has 2 aromatic carbocycles. The lowest BCUT2D eigenvalue weighted by Gasteiger charge is -2.34. The summed E-state index contributed by atoms with van der Waals surface area (Å²) in [7, 11) is 1.60. The number of piperazine rings is 1. The second kappa shape index (κ2) is 8.14. The molecule has 2 amide bonds. The van der Waals surface area contributed by atoms with Crippen molar-refractivity contribution < 1.29 is 14.3 Å². The van der Waals surface area contributed by atoms with E-state index >= 15 is 0 Å². The quantitative estimate of drug-likeness (QED) is 0.540. The Kier molecular flexibility index (Phi) is 5.03. The van der Waals surface area contributed by atoms with E-state index in [1.54, 1.807) is 35.4 Å². The Hall–Kier alpha value is -4.20. The van der Waals surface area contributed by atoms with E-state index in [1.165, 1.54) is 0 Å². The Balaban J connectivity index is 1.33. The fourth-order valence-corrected chi connectivity index (χ4v) is 3.97. The minimum Gasteiger partial charge on any atom is -0.497 e. The summed E-state index contributed by atoms with van der Waals surface area (Å²) < 4.78 is 5.25. The number of benzene rings is 2. The van der Waals surface area contributed by atoms with E-state index in [1.807, 2.05) is 48.5 Å². The van der Waals surface area contributed by atoms with Crippen molar-refractivity contribution >= 4 is 28.3 Å². The second-order valence-corrected chi connectivity index (χ2v) is 7.54. The molecule has 1 aliphatic rings. The second-order valence-electron chi connectivity index (χ2n) is 7.54. The van der Waals surface area contributed by atoms with Crippen LogP contribution in [0.15, 0.2) is 67.0 Å². The van der Waals surface area contributed by atoms with Gasteiger partial charge in [-0.1, -0.05) is 24.3 Å². The van der Waals surface area contributed by atoms with Gasteiger partial charge in [0.05, 0.1) is 18.5 Å². The molecule has 4 aromatic rings. The molecule has 8 nitrogen and oxygen atoms in total. The lowest BCUT2D eigenvalue weighted by molar-refractivity contribution is -0.120. The number of hydrogen-bond acceptors (Lipinski definition) is 5. The smallest absolute Gasteiger partial charge is 0.272 e. The van der Waals surface area contributed by atoms with E-state index in [2.05, 4.69) is 15.2 Å². The first-order valence-corrected chi connectivity index (χ1v) is 10.3. The molecule has 1 aliphatic heterocycles. The van der Waals surface area contributed by atoms with Crippen molar-refractivity contribution in [3.8, 4) is 17.0 Å². The molecule has 0 atom stereocenters. The molecule has 5 rings (SSSR count). The maximum atomic E-state index is 13.0. The summed E-state index contributed by atoms with van der Waals surface area (Å²) in [6, 6.07) is 16.9. The van der Waals surface area contributed by atoms with Crippen LogP contribution in [0.1, 0.15) is 10.5 Å². The molecule has 32 heavy (non-hydrogen) atoms. The lowest BCUT2D eigenvalue weighted by atomic mass is 10.1. The summed E-state index contributed by atoms with van der Waals surface area (Å²) in [5.41, 5.74) is 2.66. The van der Waals surface area contributed by atoms with Crippen molar-refractivity contribution in [1.82, 2.24) is 20.1 Å². The van der Waals surface area contributed by atoms with Crippen LogP contribution in [0.5, 0.6) is 5.75 Å². The molecular weight excluding hydrogens is 406 g/mol. The van der Waals surface area contributed by atoms with Crippen LogP contribution < -0.4 is 9.64 Å². The highest BCUT2D eigenvalue weighted by molar-refractivity contribution is 6.06. The number of nitrogens with zero attached hydrogens (tertiary/aromatic N) is 4. The van der Waals surface area contributed by atoms with Gasteiger partial charge in [0.1, 0.15) is 18.0 Å². The van der Waals surface area contributed by atoms with Crippen LogP contribution in [0, 0.1) is 0 Å². The van der Waals surface area contributed by atoms with Gasteiger partial charge in [-0.2, -0.15) is 5.10 Å². The summed E-state index contributed by atoms with van der Waals surface area (Å²) in [4.78, 5) is 33.4. The van der Waals surface area contributed by atoms with Crippen LogP contribution in [-0.4, -0.2) is 58.6 Å². The number of pyridine rings is 1. The van der Waals surface area contributed by atoms with Gasteiger partial charge < -0.3 is 14.5 Å². The third-order valence-corrected chi connectivity index (χ3v) is 5.63. The zero-order valence-corrected chi connectivity index (χ0v) is 17.5. The number of H-pyrrole nitrogens is 1. The van der Waals surface area contributed by atoms with Gasteiger partial charge in [0.25, 0.3) is 5.91 Å². The van der Waals surface area contributed by atoms with E-state index in [-0.39, 0.29) is 18.4 Å². The Labute approximate surface area is 184 Å². The van der Waals surface area contributed by atoms with E-state index in [9.17, 15) is 9.59 Å². The molecule has 0 saturated carbocycles. The molecular formula is C24H21N5O3. The van der Waals surface area contributed by atoms with Crippen molar-refractivity contribution in [3.05, 3.63) is 72.7 Å². The fourth-order valence-electron chi connectivity index (χ4n) is 3.97. The SMILES string of the molecule is COc1cccc(-c2cc(C(=O)N3CCN(c4cccc5cnccc45)C(=O)C3)[nH]n2)c1. The number of ether oxygens (including phenoxy) is 1. The summed E-state index contributed by atoms with van der Waals surface area (Å²) in [5.74, 6) is 0.340. The summed E-state index contributed by atoms with van der Waals surface area (Å²) in [5, 5.41) is 9.01.